The lowest BCUT2D eigenvalue weighted by molar-refractivity contribution is -0.133. The van der Waals surface area contributed by atoms with E-state index in [1.165, 1.54) is 0 Å². The SMILES string of the molecule is COC[C@]1(O)CC[C@]2(CCN(c3ccc(OC(C)C)cc3)C2=O)CC1. The lowest BCUT2D eigenvalue weighted by Gasteiger charge is -2.40. The lowest BCUT2D eigenvalue weighted by atomic mass is 9.68. The molecule has 2 aliphatic rings. The van der Waals surface area contributed by atoms with Gasteiger partial charge in [0.1, 0.15) is 5.75 Å². The van der Waals surface area contributed by atoms with Crippen LogP contribution in [0.15, 0.2) is 24.3 Å². The van der Waals surface area contributed by atoms with Gasteiger partial charge in [-0.25, -0.2) is 0 Å². The van der Waals surface area contributed by atoms with Crippen LogP contribution in [0.1, 0.15) is 46.0 Å². The fourth-order valence-corrected chi connectivity index (χ4v) is 4.11. The minimum Gasteiger partial charge on any atom is -0.491 e. The molecule has 25 heavy (non-hydrogen) atoms. The number of hydrogen-bond acceptors (Lipinski definition) is 4. The summed E-state index contributed by atoms with van der Waals surface area (Å²) in [7, 11) is 1.61. The van der Waals surface area contributed by atoms with Gasteiger partial charge < -0.3 is 19.5 Å². The highest BCUT2D eigenvalue weighted by Gasteiger charge is 2.51. The monoisotopic (exact) mass is 347 g/mol. The lowest BCUT2D eigenvalue weighted by Crippen LogP contribution is -2.45. The molecule has 0 atom stereocenters. The van der Waals surface area contributed by atoms with Crippen LogP contribution in [-0.2, 0) is 9.53 Å². The highest BCUT2D eigenvalue weighted by molar-refractivity contribution is 6.00. The number of amides is 1. The molecule has 1 N–H and O–H groups in total. The molecule has 0 aromatic heterocycles. The van der Waals surface area contributed by atoms with Gasteiger partial charge in [-0.3, -0.25) is 4.79 Å². The van der Waals surface area contributed by atoms with Crippen molar-refractivity contribution in [3.63, 3.8) is 0 Å². The quantitative estimate of drug-likeness (QED) is 0.889. The number of anilines is 1. The van der Waals surface area contributed by atoms with E-state index in [0.717, 1.165) is 37.2 Å². The van der Waals surface area contributed by atoms with E-state index in [1.807, 2.05) is 43.0 Å². The van der Waals surface area contributed by atoms with Crippen molar-refractivity contribution in [2.24, 2.45) is 5.41 Å². The maximum absolute atomic E-state index is 13.1. The summed E-state index contributed by atoms with van der Waals surface area (Å²) in [5.41, 5.74) is -0.160. The number of benzene rings is 1. The molecule has 1 saturated heterocycles. The summed E-state index contributed by atoms with van der Waals surface area (Å²) < 4.78 is 10.8. The van der Waals surface area contributed by atoms with Gasteiger partial charge in [0.2, 0.25) is 5.91 Å². The Balaban J connectivity index is 1.68. The fraction of sp³-hybridized carbons (Fsp3) is 0.650. The summed E-state index contributed by atoms with van der Waals surface area (Å²) in [4.78, 5) is 15.0. The summed E-state index contributed by atoms with van der Waals surface area (Å²) in [6.45, 7) is 5.08. The van der Waals surface area contributed by atoms with E-state index in [4.69, 9.17) is 9.47 Å². The summed E-state index contributed by atoms with van der Waals surface area (Å²) in [5, 5.41) is 10.5. The molecular formula is C20H29NO4. The molecule has 1 aliphatic heterocycles. The van der Waals surface area contributed by atoms with E-state index in [2.05, 4.69) is 0 Å². The Morgan fingerprint density at radius 1 is 1.12 bits per heavy atom. The van der Waals surface area contributed by atoms with Crippen LogP contribution in [-0.4, -0.2) is 43.0 Å². The summed E-state index contributed by atoms with van der Waals surface area (Å²) in [6, 6.07) is 7.76. The van der Waals surface area contributed by atoms with Gasteiger partial charge in [0.15, 0.2) is 0 Å². The molecule has 1 saturated carbocycles. The van der Waals surface area contributed by atoms with Gasteiger partial charge in [0.05, 0.1) is 23.7 Å². The number of carbonyl (C=O) groups excluding carboxylic acids is 1. The van der Waals surface area contributed by atoms with Crippen molar-refractivity contribution in [2.75, 3.05) is 25.2 Å². The first kappa shape index (κ1) is 18.2. The molecule has 5 nitrogen and oxygen atoms in total. The third kappa shape index (κ3) is 3.67. The summed E-state index contributed by atoms with van der Waals surface area (Å²) >= 11 is 0. The Kier molecular flexibility index (Phi) is 5.07. The zero-order valence-corrected chi connectivity index (χ0v) is 15.5. The molecule has 1 spiro atoms. The van der Waals surface area contributed by atoms with E-state index in [9.17, 15) is 9.90 Å². The van der Waals surface area contributed by atoms with Gasteiger partial charge in [0, 0.05) is 19.3 Å². The molecule has 5 heteroatoms. The third-order valence-corrected chi connectivity index (χ3v) is 5.58. The highest BCUT2D eigenvalue weighted by atomic mass is 16.5. The van der Waals surface area contributed by atoms with Crippen LogP contribution in [0.5, 0.6) is 5.75 Å². The normalized spacial score (nSPS) is 29.6. The van der Waals surface area contributed by atoms with E-state index >= 15 is 0 Å². The van der Waals surface area contributed by atoms with Gasteiger partial charge in [-0.15, -0.1) is 0 Å². The molecule has 2 fully saturated rings. The second-order valence-electron chi connectivity index (χ2n) is 7.80. The maximum Gasteiger partial charge on any atom is 0.233 e. The molecule has 1 amide bonds. The molecule has 1 aliphatic carbocycles. The summed E-state index contributed by atoms with van der Waals surface area (Å²) in [5.74, 6) is 1.02. The number of ether oxygens (including phenoxy) is 2. The Labute approximate surface area is 149 Å². The molecule has 138 valence electrons. The maximum atomic E-state index is 13.1. The van der Waals surface area contributed by atoms with E-state index in [0.29, 0.717) is 19.4 Å². The van der Waals surface area contributed by atoms with Crippen LogP contribution < -0.4 is 9.64 Å². The topological polar surface area (TPSA) is 59.0 Å². The van der Waals surface area contributed by atoms with Crippen LogP contribution in [0.3, 0.4) is 0 Å². The molecule has 0 radical (unpaired) electrons. The van der Waals surface area contributed by atoms with E-state index in [1.54, 1.807) is 7.11 Å². The van der Waals surface area contributed by atoms with Crippen molar-refractivity contribution in [3.8, 4) is 5.75 Å². The Morgan fingerprint density at radius 2 is 1.76 bits per heavy atom. The van der Waals surface area contributed by atoms with Crippen LogP contribution in [0.4, 0.5) is 5.69 Å². The largest absolute Gasteiger partial charge is 0.491 e. The number of nitrogens with zero attached hydrogens (tertiary/aromatic N) is 1. The Morgan fingerprint density at radius 3 is 2.32 bits per heavy atom. The molecule has 1 aromatic carbocycles. The van der Waals surface area contributed by atoms with Crippen molar-refractivity contribution in [1.82, 2.24) is 0 Å². The van der Waals surface area contributed by atoms with Gasteiger partial charge in [-0.2, -0.15) is 0 Å². The fourth-order valence-electron chi connectivity index (χ4n) is 4.11. The number of rotatable bonds is 5. The van der Waals surface area contributed by atoms with Crippen molar-refractivity contribution in [1.29, 1.82) is 0 Å². The highest BCUT2D eigenvalue weighted by Crippen LogP contribution is 2.48. The Hall–Kier alpha value is -1.59. The molecule has 0 bridgehead atoms. The zero-order valence-electron chi connectivity index (χ0n) is 15.5. The molecule has 1 heterocycles. The Bertz CT molecular complexity index is 603. The first-order chi connectivity index (χ1) is 11.9. The molecule has 1 aromatic rings. The van der Waals surface area contributed by atoms with Crippen molar-refractivity contribution >= 4 is 11.6 Å². The van der Waals surface area contributed by atoms with Crippen LogP contribution >= 0.6 is 0 Å². The molecule has 0 unspecified atom stereocenters. The van der Waals surface area contributed by atoms with Crippen LogP contribution in [0, 0.1) is 5.41 Å². The van der Waals surface area contributed by atoms with Crippen molar-refractivity contribution < 1.29 is 19.4 Å². The van der Waals surface area contributed by atoms with Crippen LogP contribution in [0.25, 0.3) is 0 Å². The van der Waals surface area contributed by atoms with E-state index < -0.39 is 5.60 Å². The average molecular weight is 347 g/mol. The van der Waals surface area contributed by atoms with Crippen molar-refractivity contribution in [2.45, 2.75) is 57.7 Å². The smallest absolute Gasteiger partial charge is 0.233 e. The predicted octanol–water partition coefficient (Wildman–Crippen LogP) is 3.15. The minimum absolute atomic E-state index is 0.135. The summed E-state index contributed by atoms with van der Waals surface area (Å²) in [6.07, 6.45) is 3.71. The first-order valence-corrected chi connectivity index (χ1v) is 9.18. The zero-order chi connectivity index (χ0) is 18.1. The average Bonchev–Trinajstić information content (AvgIpc) is 2.88. The number of aliphatic hydroxyl groups is 1. The predicted molar refractivity (Wildman–Crippen MR) is 96.9 cm³/mol. The second-order valence-corrected chi connectivity index (χ2v) is 7.80. The van der Waals surface area contributed by atoms with Gasteiger partial charge in [0.25, 0.3) is 0 Å². The number of hydrogen-bond donors (Lipinski definition) is 1. The third-order valence-electron chi connectivity index (χ3n) is 5.58. The van der Waals surface area contributed by atoms with Gasteiger partial charge in [-0.05, 0) is 70.2 Å². The van der Waals surface area contributed by atoms with Gasteiger partial charge in [-0.1, -0.05) is 0 Å². The standard InChI is InChI=1S/C20H29NO4/c1-15(2)25-17-6-4-16(5-7-17)21-13-12-19(18(21)22)8-10-20(23,11-9-19)14-24-3/h4-7,15,23H,8-14H2,1-3H3/t19-,20+. The number of methoxy groups -OCH3 is 1. The van der Waals surface area contributed by atoms with Gasteiger partial charge >= 0.3 is 0 Å². The molecular weight excluding hydrogens is 318 g/mol. The van der Waals surface area contributed by atoms with Crippen LogP contribution in [0.2, 0.25) is 0 Å². The first-order valence-electron chi connectivity index (χ1n) is 9.18. The van der Waals surface area contributed by atoms with E-state index in [-0.39, 0.29) is 17.4 Å². The minimum atomic E-state index is -0.774. The van der Waals surface area contributed by atoms with Crippen molar-refractivity contribution in [3.05, 3.63) is 24.3 Å². The second kappa shape index (κ2) is 6.96. The number of carbonyl (C=O) groups is 1. The molecule has 3 rings (SSSR count).